The van der Waals surface area contributed by atoms with Gasteiger partial charge in [0.1, 0.15) is 5.82 Å². The molecule has 2 aromatic rings. The van der Waals surface area contributed by atoms with Crippen molar-refractivity contribution < 1.29 is 9.47 Å². The number of rotatable bonds is 3. The number of hydrogen-bond acceptors (Lipinski definition) is 4. The molecule has 0 bridgehead atoms. The molecule has 4 nitrogen and oxygen atoms in total. The molecule has 3 rings (SSSR count). The second-order valence-corrected chi connectivity index (χ2v) is 6.32. The summed E-state index contributed by atoms with van der Waals surface area (Å²) in [6.07, 6.45) is 2.92. The Balaban J connectivity index is 1.87. The Hall–Kier alpha value is -1.97. The largest absolute Gasteiger partial charge is 0.454 e. The van der Waals surface area contributed by atoms with E-state index in [-0.39, 0.29) is 0 Å². The molecule has 1 aromatic carbocycles. The molecule has 20 heavy (non-hydrogen) atoms. The van der Waals surface area contributed by atoms with Gasteiger partial charge in [0.05, 0.1) is 0 Å². The molecule has 0 spiro atoms. The van der Waals surface area contributed by atoms with Gasteiger partial charge in [-0.25, -0.2) is 4.98 Å². The molecule has 0 unspecified atom stereocenters. The maximum atomic E-state index is 5.44. The maximum Gasteiger partial charge on any atom is 0.231 e. The SMILES string of the molecule is CC(C)(C)CCNc1nccc2cc3c(cc12)OCO3. The summed E-state index contributed by atoms with van der Waals surface area (Å²) in [7, 11) is 0. The predicted octanol–water partition coefficient (Wildman–Crippen LogP) is 3.81. The fourth-order valence-corrected chi connectivity index (χ4v) is 2.26. The number of anilines is 1. The fraction of sp³-hybridized carbons (Fsp3) is 0.438. The van der Waals surface area contributed by atoms with Crippen LogP contribution in [0, 0.1) is 5.41 Å². The third kappa shape index (κ3) is 2.64. The molecule has 0 amide bonds. The number of aromatic nitrogens is 1. The second kappa shape index (κ2) is 4.85. The highest BCUT2D eigenvalue weighted by atomic mass is 16.7. The van der Waals surface area contributed by atoms with Crippen LogP contribution in [0.1, 0.15) is 27.2 Å². The van der Waals surface area contributed by atoms with Crippen LogP contribution in [-0.2, 0) is 0 Å². The topological polar surface area (TPSA) is 43.4 Å². The van der Waals surface area contributed by atoms with Crippen LogP contribution in [0.2, 0.25) is 0 Å². The lowest BCUT2D eigenvalue weighted by atomic mass is 9.92. The fourth-order valence-electron chi connectivity index (χ4n) is 2.26. The van der Waals surface area contributed by atoms with E-state index in [0.29, 0.717) is 12.2 Å². The minimum atomic E-state index is 0.297. The number of nitrogens with one attached hydrogen (secondary N) is 1. The Morgan fingerprint density at radius 2 is 1.95 bits per heavy atom. The highest BCUT2D eigenvalue weighted by molar-refractivity contribution is 5.94. The van der Waals surface area contributed by atoms with Crippen LogP contribution in [-0.4, -0.2) is 18.3 Å². The minimum Gasteiger partial charge on any atom is -0.454 e. The van der Waals surface area contributed by atoms with Crippen LogP contribution in [0.4, 0.5) is 5.82 Å². The van der Waals surface area contributed by atoms with Crippen LogP contribution >= 0.6 is 0 Å². The van der Waals surface area contributed by atoms with Gasteiger partial charge in [0, 0.05) is 18.1 Å². The number of nitrogens with zero attached hydrogens (tertiary/aromatic N) is 1. The van der Waals surface area contributed by atoms with Crippen molar-refractivity contribution in [2.75, 3.05) is 18.7 Å². The van der Waals surface area contributed by atoms with E-state index in [0.717, 1.165) is 41.1 Å². The molecular formula is C16H20N2O2. The number of fused-ring (bicyclic) bond motifs is 2. The summed E-state index contributed by atoms with van der Waals surface area (Å²) in [5.74, 6) is 2.51. The number of benzene rings is 1. The van der Waals surface area contributed by atoms with Gasteiger partial charge >= 0.3 is 0 Å². The van der Waals surface area contributed by atoms with Crippen LogP contribution in [0.3, 0.4) is 0 Å². The first-order valence-electron chi connectivity index (χ1n) is 6.95. The maximum absolute atomic E-state index is 5.44. The molecule has 4 heteroatoms. The van der Waals surface area contributed by atoms with Crippen LogP contribution in [0.5, 0.6) is 11.5 Å². The molecule has 0 saturated heterocycles. The molecule has 2 heterocycles. The smallest absolute Gasteiger partial charge is 0.231 e. The standard InChI is InChI=1S/C16H20N2O2/c1-16(2,3)5-7-18-15-12-9-14-13(19-10-20-14)8-11(12)4-6-17-15/h4,6,8-9H,5,7,10H2,1-3H3,(H,17,18). The van der Waals surface area contributed by atoms with E-state index in [4.69, 9.17) is 9.47 Å². The Labute approximate surface area is 119 Å². The Kier molecular flexibility index (Phi) is 3.16. The lowest BCUT2D eigenvalue weighted by molar-refractivity contribution is 0.174. The zero-order valence-electron chi connectivity index (χ0n) is 12.2. The molecule has 0 fully saturated rings. The van der Waals surface area contributed by atoms with Gasteiger partial charge in [-0.05, 0) is 35.4 Å². The first-order valence-corrected chi connectivity index (χ1v) is 6.95. The van der Waals surface area contributed by atoms with E-state index in [1.165, 1.54) is 0 Å². The van der Waals surface area contributed by atoms with E-state index >= 15 is 0 Å². The Morgan fingerprint density at radius 3 is 2.70 bits per heavy atom. The van der Waals surface area contributed by atoms with Crippen molar-refractivity contribution in [3.8, 4) is 11.5 Å². The van der Waals surface area contributed by atoms with Gasteiger partial charge in [-0.15, -0.1) is 0 Å². The molecule has 1 N–H and O–H groups in total. The normalized spacial score (nSPS) is 13.8. The molecule has 1 aliphatic rings. The van der Waals surface area contributed by atoms with E-state index in [1.54, 1.807) is 0 Å². The number of pyridine rings is 1. The van der Waals surface area contributed by atoms with Crippen molar-refractivity contribution in [1.29, 1.82) is 0 Å². The lowest BCUT2D eigenvalue weighted by Crippen LogP contribution is -2.13. The quantitative estimate of drug-likeness (QED) is 0.922. The van der Waals surface area contributed by atoms with Gasteiger partial charge in [-0.3, -0.25) is 0 Å². The average molecular weight is 272 g/mol. The highest BCUT2D eigenvalue weighted by Gasteiger charge is 2.16. The summed E-state index contributed by atoms with van der Waals surface area (Å²) in [5, 5.41) is 5.62. The molecule has 0 saturated carbocycles. The predicted molar refractivity (Wildman–Crippen MR) is 80.4 cm³/mol. The van der Waals surface area contributed by atoms with E-state index in [1.807, 2.05) is 24.4 Å². The van der Waals surface area contributed by atoms with Crippen molar-refractivity contribution in [2.24, 2.45) is 5.41 Å². The summed E-state index contributed by atoms with van der Waals surface area (Å²) in [6.45, 7) is 7.92. The van der Waals surface area contributed by atoms with Crippen molar-refractivity contribution in [3.63, 3.8) is 0 Å². The van der Waals surface area contributed by atoms with Crippen molar-refractivity contribution in [2.45, 2.75) is 27.2 Å². The van der Waals surface area contributed by atoms with Crippen LogP contribution in [0.25, 0.3) is 10.8 Å². The molecular weight excluding hydrogens is 252 g/mol. The van der Waals surface area contributed by atoms with Gasteiger partial charge in [0.2, 0.25) is 6.79 Å². The molecule has 1 aromatic heterocycles. The zero-order chi connectivity index (χ0) is 14.2. The highest BCUT2D eigenvalue weighted by Crippen LogP contribution is 2.37. The minimum absolute atomic E-state index is 0.297. The van der Waals surface area contributed by atoms with Gasteiger partial charge in [0.25, 0.3) is 0 Å². The van der Waals surface area contributed by atoms with Gasteiger partial charge in [-0.2, -0.15) is 0 Å². The Bertz CT molecular complexity index is 632. The number of ether oxygens (including phenoxy) is 2. The van der Waals surface area contributed by atoms with Gasteiger partial charge < -0.3 is 14.8 Å². The Morgan fingerprint density at radius 1 is 1.20 bits per heavy atom. The molecule has 1 aliphatic heterocycles. The van der Waals surface area contributed by atoms with Gasteiger partial charge in [0.15, 0.2) is 11.5 Å². The van der Waals surface area contributed by atoms with Crippen LogP contribution < -0.4 is 14.8 Å². The third-order valence-electron chi connectivity index (χ3n) is 3.43. The molecule has 106 valence electrons. The summed E-state index contributed by atoms with van der Waals surface area (Å²) < 4.78 is 10.9. The summed E-state index contributed by atoms with van der Waals surface area (Å²) in [6, 6.07) is 6.00. The van der Waals surface area contributed by atoms with E-state index < -0.39 is 0 Å². The van der Waals surface area contributed by atoms with Crippen molar-refractivity contribution in [1.82, 2.24) is 4.98 Å². The average Bonchev–Trinajstić information content (AvgIpc) is 2.82. The second-order valence-electron chi connectivity index (χ2n) is 6.32. The number of hydrogen-bond donors (Lipinski definition) is 1. The summed E-state index contributed by atoms with van der Waals surface area (Å²) in [5.41, 5.74) is 0.315. The lowest BCUT2D eigenvalue weighted by Gasteiger charge is -2.18. The summed E-state index contributed by atoms with van der Waals surface area (Å²) in [4.78, 5) is 4.44. The monoisotopic (exact) mass is 272 g/mol. The first-order chi connectivity index (χ1) is 9.53. The van der Waals surface area contributed by atoms with Crippen molar-refractivity contribution >= 4 is 16.6 Å². The van der Waals surface area contributed by atoms with E-state index in [9.17, 15) is 0 Å². The zero-order valence-corrected chi connectivity index (χ0v) is 12.2. The molecule has 0 atom stereocenters. The molecule has 0 radical (unpaired) electrons. The summed E-state index contributed by atoms with van der Waals surface area (Å²) >= 11 is 0. The molecule has 0 aliphatic carbocycles. The van der Waals surface area contributed by atoms with Gasteiger partial charge in [-0.1, -0.05) is 20.8 Å². The van der Waals surface area contributed by atoms with E-state index in [2.05, 4.69) is 31.1 Å². The first kappa shape index (κ1) is 13.0. The third-order valence-corrected chi connectivity index (χ3v) is 3.43. The van der Waals surface area contributed by atoms with Crippen molar-refractivity contribution in [3.05, 3.63) is 24.4 Å². The van der Waals surface area contributed by atoms with Crippen LogP contribution in [0.15, 0.2) is 24.4 Å².